The quantitative estimate of drug-likeness (QED) is 0.715. The van der Waals surface area contributed by atoms with Gasteiger partial charge in [-0.15, -0.1) is 0 Å². The molecule has 0 spiro atoms. The molecule has 0 amide bonds. The van der Waals surface area contributed by atoms with Crippen LogP contribution in [0.15, 0.2) is 0 Å². The van der Waals surface area contributed by atoms with Gasteiger partial charge in [0.1, 0.15) is 0 Å². The summed E-state index contributed by atoms with van der Waals surface area (Å²) in [6.07, 6.45) is 7.21. The van der Waals surface area contributed by atoms with Crippen LogP contribution in [0.2, 0.25) is 0 Å². The first-order valence-corrected chi connectivity index (χ1v) is 6.59. The molecular formula is C13H26N2. The van der Waals surface area contributed by atoms with Gasteiger partial charge in [0.15, 0.2) is 0 Å². The van der Waals surface area contributed by atoms with Crippen molar-refractivity contribution in [1.82, 2.24) is 10.2 Å². The van der Waals surface area contributed by atoms with E-state index in [4.69, 9.17) is 0 Å². The normalized spacial score (nSPS) is 34.2. The van der Waals surface area contributed by atoms with Gasteiger partial charge in [-0.1, -0.05) is 19.3 Å². The largest absolute Gasteiger partial charge is 0.309 e. The Labute approximate surface area is 94.4 Å². The Hall–Kier alpha value is -0.0800. The molecule has 2 fully saturated rings. The van der Waals surface area contributed by atoms with E-state index in [1.165, 1.54) is 38.6 Å². The molecule has 0 bridgehead atoms. The van der Waals surface area contributed by atoms with Crippen molar-refractivity contribution >= 4 is 0 Å². The molecule has 0 aromatic carbocycles. The first kappa shape index (κ1) is 11.4. The van der Waals surface area contributed by atoms with E-state index < -0.39 is 0 Å². The van der Waals surface area contributed by atoms with Crippen LogP contribution >= 0.6 is 0 Å². The van der Waals surface area contributed by atoms with Crippen molar-refractivity contribution in [2.24, 2.45) is 0 Å². The van der Waals surface area contributed by atoms with E-state index in [1.54, 1.807) is 0 Å². The molecule has 0 aromatic heterocycles. The Morgan fingerprint density at radius 1 is 1.13 bits per heavy atom. The third kappa shape index (κ3) is 2.73. The number of piperazine rings is 1. The standard InChI is InChI=1S/C13H26N2/c1-11-9-14-13(2,3)10-15(11)12-7-5-4-6-8-12/h11-12,14H,4-10H2,1-3H3. The molecule has 15 heavy (non-hydrogen) atoms. The summed E-state index contributed by atoms with van der Waals surface area (Å²) in [6.45, 7) is 9.41. The number of rotatable bonds is 1. The van der Waals surface area contributed by atoms with Crippen LogP contribution in [0.5, 0.6) is 0 Å². The molecule has 1 unspecified atom stereocenters. The number of hydrogen-bond donors (Lipinski definition) is 1. The van der Waals surface area contributed by atoms with Crippen molar-refractivity contribution in [3.63, 3.8) is 0 Å². The fourth-order valence-electron chi connectivity index (χ4n) is 3.11. The molecule has 1 aliphatic carbocycles. The summed E-state index contributed by atoms with van der Waals surface area (Å²) in [6, 6.07) is 1.59. The van der Waals surface area contributed by atoms with E-state index >= 15 is 0 Å². The summed E-state index contributed by atoms with van der Waals surface area (Å²) < 4.78 is 0. The minimum Gasteiger partial charge on any atom is -0.309 e. The summed E-state index contributed by atoms with van der Waals surface area (Å²) >= 11 is 0. The van der Waals surface area contributed by atoms with Crippen molar-refractivity contribution < 1.29 is 0 Å². The Morgan fingerprint density at radius 2 is 1.80 bits per heavy atom. The second-order valence-corrected chi connectivity index (χ2v) is 6.08. The molecule has 2 aliphatic rings. The van der Waals surface area contributed by atoms with Crippen molar-refractivity contribution in [3.8, 4) is 0 Å². The summed E-state index contributed by atoms with van der Waals surface area (Å²) in [4.78, 5) is 2.76. The third-order valence-electron chi connectivity index (χ3n) is 4.06. The molecule has 1 saturated heterocycles. The highest BCUT2D eigenvalue weighted by molar-refractivity contribution is 4.93. The van der Waals surface area contributed by atoms with Crippen molar-refractivity contribution in [2.75, 3.05) is 13.1 Å². The highest BCUT2D eigenvalue weighted by Crippen LogP contribution is 2.27. The SMILES string of the molecule is CC1CNC(C)(C)CN1C1CCCCC1. The molecule has 2 heteroatoms. The maximum Gasteiger partial charge on any atom is 0.0253 e. The lowest BCUT2D eigenvalue weighted by molar-refractivity contribution is 0.0459. The lowest BCUT2D eigenvalue weighted by Crippen LogP contribution is -2.63. The highest BCUT2D eigenvalue weighted by Gasteiger charge is 2.34. The van der Waals surface area contributed by atoms with Gasteiger partial charge in [-0.3, -0.25) is 4.90 Å². The molecule has 1 saturated carbocycles. The van der Waals surface area contributed by atoms with Crippen LogP contribution in [-0.2, 0) is 0 Å². The molecule has 2 nitrogen and oxygen atoms in total. The fourth-order valence-corrected chi connectivity index (χ4v) is 3.11. The second-order valence-electron chi connectivity index (χ2n) is 6.08. The van der Waals surface area contributed by atoms with Crippen LogP contribution in [0.25, 0.3) is 0 Å². The summed E-state index contributed by atoms with van der Waals surface area (Å²) in [5, 5.41) is 3.64. The average molecular weight is 210 g/mol. The van der Waals surface area contributed by atoms with Crippen LogP contribution in [-0.4, -0.2) is 35.6 Å². The predicted molar refractivity (Wildman–Crippen MR) is 65.1 cm³/mol. The molecule has 0 radical (unpaired) electrons. The fraction of sp³-hybridized carbons (Fsp3) is 1.00. The van der Waals surface area contributed by atoms with Gasteiger partial charge >= 0.3 is 0 Å². The minimum atomic E-state index is 0.309. The first-order chi connectivity index (χ1) is 7.08. The van der Waals surface area contributed by atoms with E-state index in [2.05, 4.69) is 31.0 Å². The molecule has 0 aromatic rings. The topological polar surface area (TPSA) is 15.3 Å². The first-order valence-electron chi connectivity index (χ1n) is 6.59. The molecular weight excluding hydrogens is 184 g/mol. The molecule has 2 rings (SSSR count). The molecule has 1 atom stereocenters. The van der Waals surface area contributed by atoms with Gasteiger partial charge in [0, 0.05) is 30.7 Å². The summed E-state index contributed by atoms with van der Waals surface area (Å²) in [5.74, 6) is 0. The van der Waals surface area contributed by atoms with Gasteiger partial charge in [-0.25, -0.2) is 0 Å². The van der Waals surface area contributed by atoms with Crippen LogP contribution in [0.1, 0.15) is 52.9 Å². The number of hydrogen-bond acceptors (Lipinski definition) is 2. The van der Waals surface area contributed by atoms with Crippen molar-refractivity contribution in [1.29, 1.82) is 0 Å². The Morgan fingerprint density at radius 3 is 2.47 bits per heavy atom. The number of nitrogens with zero attached hydrogens (tertiary/aromatic N) is 1. The zero-order valence-corrected chi connectivity index (χ0v) is 10.6. The smallest absolute Gasteiger partial charge is 0.0253 e. The Bertz CT molecular complexity index is 207. The van der Waals surface area contributed by atoms with Gasteiger partial charge < -0.3 is 5.32 Å². The van der Waals surface area contributed by atoms with Crippen molar-refractivity contribution in [3.05, 3.63) is 0 Å². The lowest BCUT2D eigenvalue weighted by atomic mass is 9.90. The molecule has 1 heterocycles. The van der Waals surface area contributed by atoms with E-state index in [1.807, 2.05) is 0 Å². The minimum absolute atomic E-state index is 0.309. The van der Waals surface area contributed by atoms with E-state index in [0.29, 0.717) is 5.54 Å². The lowest BCUT2D eigenvalue weighted by Gasteiger charge is -2.48. The zero-order valence-electron chi connectivity index (χ0n) is 10.6. The van der Waals surface area contributed by atoms with Gasteiger partial charge in [0.25, 0.3) is 0 Å². The summed E-state index contributed by atoms with van der Waals surface area (Å²) in [7, 11) is 0. The van der Waals surface area contributed by atoms with E-state index in [-0.39, 0.29) is 0 Å². The molecule has 1 N–H and O–H groups in total. The van der Waals surface area contributed by atoms with Gasteiger partial charge in [0.05, 0.1) is 0 Å². The molecule has 88 valence electrons. The highest BCUT2D eigenvalue weighted by atomic mass is 15.3. The second kappa shape index (κ2) is 4.42. The Balaban J connectivity index is 1.98. The zero-order chi connectivity index (χ0) is 10.9. The van der Waals surface area contributed by atoms with Gasteiger partial charge in [0.2, 0.25) is 0 Å². The monoisotopic (exact) mass is 210 g/mol. The van der Waals surface area contributed by atoms with E-state index in [0.717, 1.165) is 18.6 Å². The molecule has 1 aliphatic heterocycles. The van der Waals surface area contributed by atoms with E-state index in [9.17, 15) is 0 Å². The van der Waals surface area contributed by atoms with Crippen molar-refractivity contribution in [2.45, 2.75) is 70.5 Å². The maximum atomic E-state index is 3.64. The van der Waals surface area contributed by atoms with Crippen LogP contribution in [0.3, 0.4) is 0 Å². The van der Waals surface area contributed by atoms with Crippen LogP contribution < -0.4 is 5.32 Å². The number of nitrogens with one attached hydrogen (secondary N) is 1. The van der Waals surface area contributed by atoms with Gasteiger partial charge in [-0.2, -0.15) is 0 Å². The summed E-state index contributed by atoms with van der Waals surface area (Å²) in [5.41, 5.74) is 0.309. The Kier molecular flexibility index (Phi) is 3.36. The third-order valence-corrected chi connectivity index (χ3v) is 4.06. The maximum absolute atomic E-state index is 3.64. The van der Waals surface area contributed by atoms with Gasteiger partial charge in [-0.05, 0) is 33.6 Å². The predicted octanol–water partition coefficient (Wildman–Crippen LogP) is 2.39. The average Bonchev–Trinajstić information content (AvgIpc) is 2.23. The van der Waals surface area contributed by atoms with Crippen LogP contribution in [0, 0.1) is 0 Å². The van der Waals surface area contributed by atoms with Crippen LogP contribution in [0.4, 0.5) is 0 Å².